The van der Waals surface area contributed by atoms with Crippen LogP contribution in [0.1, 0.15) is 25.2 Å². The Balaban J connectivity index is 2.85. The summed E-state index contributed by atoms with van der Waals surface area (Å²) in [4.78, 5) is 2.27. The molecule has 0 saturated carbocycles. The van der Waals surface area contributed by atoms with Crippen LogP contribution >= 0.6 is 11.6 Å². The van der Waals surface area contributed by atoms with Crippen LogP contribution in [0.4, 0.5) is 0 Å². The molecule has 1 aromatic heterocycles. The number of halogens is 1. The Bertz CT molecular complexity index is 335. The van der Waals surface area contributed by atoms with Gasteiger partial charge < -0.3 is 5.73 Å². The molecule has 1 rings (SSSR count). The fourth-order valence-corrected chi connectivity index (χ4v) is 1.96. The van der Waals surface area contributed by atoms with Crippen LogP contribution in [0, 0.1) is 6.92 Å². The summed E-state index contributed by atoms with van der Waals surface area (Å²) in [7, 11) is 0. The Morgan fingerprint density at radius 2 is 2.12 bits per heavy atom. The zero-order valence-corrected chi connectivity index (χ0v) is 11.1. The molecule has 16 heavy (non-hydrogen) atoms. The maximum atomic E-state index is 6.25. The average molecular weight is 245 g/mol. The van der Waals surface area contributed by atoms with Gasteiger partial charge in [-0.25, -0.2) is 0 Å². The number of likely N-dealkylation sites (N-methyl/N-ethyl adjacent to an activating group) is 1. The number of hydrogen-bond acceptors (Lipinski definition) is 3. The molecular weight excluding hydrogens is 224 g/mol. The second-order valence-corrected chi connectivity index (χ2v) is 4.20. The highest BCUT2D eigenvalue weighted by atomic mass is 35.5. The van der Waals surface area contributed by atoms with E-state index in [1.54, 1.807) is 0 Å². The molecule has 0 fully saturated rings. The molecule has 0 aliphatic carbocycles. The molecule has 5 heteroatoms. The van der Waals surface area contributed by atoms with Crippen LogP contribution in [-0.2, 0) is 13.1 Å². The van der Waals surface area contributed by atoms with Crippen molar-refractivity contribution in [2.24, 2.45) is 5.73 Å². The third-order valence-electron chi connectivity index (χ3n) is 2.72. The largest absolute Gasteiger partial charge is 0.329 e. The highest BCUT2D eigenvalue weighted by Crippen LogP contribution is 2.21. The van der Waals surface area contributed by atoms with Crippen molar-refractivity contribution in [2.75, 3.05) is 19.6 Å². The van der Waals surface area contributed by atoms with E-state index in [9.17, 15) is 0 Å². The summed E-state index contributed by atoms with van der Waals surface area (Å²) < 4.78 is 1.97. The van der Waals surface area contributed by atoms with Gasteiger partial charge in [0.25, 0.3) is 0 Å². The third-order valence-corrected chi connectivity index (χ3v) is 3.21. The maximum absolute atomic E-state index is 6.25. The number of aromatic nitrogens is 2. The molecule has 0 atom stereocenters. The standard InChI is InChI=1S/C11H21ClN4/c1-4-15(7-6-13)8-10-11(12)9(3)14-16(10)5-2/h4-8,13H2,1-3H3. The molecule has 0 radical (unpaired) electrons. The Kier molecular flexibility index (Phi) is 5.25. The molecule has 0 spiro atoms. The highest BCUT2D eigenvalue weighted by molar-refractivity contribution is 6.31. The normalized spacial score (nSPS) is 11.4. The molecule has 0 bridgehead atoms. The van der Waals surface area contributed by atoms with Crippen molar-refractivity contribution in [1.82, 2.24) is 14.7 Å². The van der Waals surface area contributed by atoms with Gasteiger partial charge in [0.2, 0.25) is 0 Å². The lowest BCUT2D eigenvalue weighted by Gasteiger charge is -2.19. The van der Waals surface area contributed by atoms with Crippen molar-refractivity contribution in [1.29, 1.82) is 0 Å². The van der Waals surface area contributed by atoms with Gasteiger partial charge in [0.15, 0.2) is 0 Å². The lowest BCUT2D eigenvalue weighted by atomic mass is 10.3. The van der Waals surface area contributed by atoms with Gasteiger partial charge in [-0.1, -0.05) is 18.5 Å². The van der Waals surface area contributed by atoms with E-state index >= 15 is 0 Å². The number of hydrogen-bond donors (Lipinski definition) is 1. The average Bonchev–Trinajstić information content (AvgIpc) is 2.55. The van der Waals surface area contributed by atoms with Gasteiger partial charge in [-0.2, -0.15) is 5.10 Å². The molecule has 0 aliphatic rings. The number of rotatable bonds is 6. The molecule has 0 aliphatic heterocycles. The minimum Gasteiger partial charge on any atom is -0.329 e. The molecule has 1 heterocycles. The highest BCUT2D eigenvalue weighted by Gasteiger charge is 2.14. The molecule has 0 saturated heterocycles. The van der Waals surface area contributed by atoms with Crippen LogP contribution in [0.25, 0.3) is 0 Å². The zero-order chi connectivity index (χ0) is 12.1. The fourth-order valence-electron chi connectivity index (χ4n) is 1.76. The molecule has 0 aromatic carbocycles. The van der Waals surface area contributed by atoms with E-state index in [0.717, 1.165) is 42.6 Å². The first kappa shape index (κ1) is 13.5. The summed E-state index contributed by atoms with van der Waals surface area (Å²) in [6, 6.07) is 0. The van der Waals surface area contributed by atoms with E-state index in [2.05, 4.69) is 23.8 Å². The Morgan fingerprint density at radius 3 is 2.62 bits per heavy atom. The van der Waals surface area contributed by atoms with Crippen LogP contribution in [0.5, 0.6) is 0 Å². The fraction of sp³-hybridized carbons (Fsp3) is 0.727. The quantitative estimate of drug-likeness (QED) is 0.828. The van der Waals surface area contributed by atoms with Crippen LogP contribution in [0.15, 0.2) is 0 Å². The molecule has 0 unspecified atom stereocenters. The Labute approximate surface area is 102 Å². The van der Waals surface area contributed by atoms with Crippen molar-refractivity contribution in [3.8, 4) is 0 Å². The van der Waals surface area contributed by atoms with E-state index < -0.39 is 0 Å². The van der Waals surface area contributed by atoms with Gasteiger partial charge in [0.1, 0.15) is 0 Å². The lowest BCUT2D eigenvalue weighted by Crippen LogP contribution is -2.30. The van der Waals surface area contributed by atoms with Gasteiger partial charge in [-0.15, -0.1) is 0 Å². The van der Waals surface area contributed by atoms with E-state index in [1.165, 1.54) is 0 Å². The molecule has 92 valence electrons. The van der Waals surface area contributed by atoms with Gasteiger partial charge in [0, 0.05) is 26.2 Å². The van der Waals surface area contributed by atoms with Crippen LogP contribution in [-0.4, -0.2) is 34.3 Å². The predicted octanol–water partition coefficient (Wildman–Crippen LogP) is 1.65. The van der Waals surface area contributed by atoms with Crippen molar-refractivity contribution in [3.05, 3.63) is 16.4 Å². The molecule has 0 amide bonds. The summed E-state index contributed by atoms with van der Waals surface area (Å²) >= 11 is 6.25. The monoisotopic (exact) mass is 244 g/mol. The summed E-state index contributed by atoms with van der Waals surface area (Å²) in [6.07, 6.45) is 0. The second kappa shape index (κ2) is 6.23. The topological polar surface area (TPSA) is 47.1 Å². The zero-order valence-electron chi connectivity index (χ0n) is 10.3. The number of nitrogens with two attached hydrogens (primary N) is 1. The first-order valence-corrected chi connectivity index (χ1v) is 6.16. The third kappa shape index (κ3) is 2.97. The van der Waals surface area contributed by atoms with E-state index in [4.69, 9.17) is 17.3 Å². The van der Waals surface area contributed by atoms with Crippen LogP contribution in [0.3, 0.4) is 0 Å². The van der Waals surface area contributed by atoms with Crippen LogP contribution < -0.4 is 5.73 Å². The summed E-state index contributed by atoms with van der Waals surface area (Å²) in [5.74, 6) is 0. The van der Waals surface area contributed by atoms with Crippen molar-refractivity contribution in [2.45, 2.75) is 33.9 Å². The smallest absolute Gasteiger partial charge is 0.0860 e. The lowest BCUT2D eigenvalue weighted by molar-refractivity contribution is 0.278. The SMILES string of the molecule is CCN(CCN)Cc1c(Cl)c(C)nn1CC. The Hall–Kier alpha value is -0.580. The van der Waals surface area contributed by atoms with E-state index in [-0.39, 0.29) is 0 Å². The molecular formula is C11H21ClN4. The van der Waals surface area contributed by atoms with Gasteiger partial charge in [-0.05, 0) is 20.4 Å². The van der Waals surface area contributed by atoms with Crippen molar-refractivity contribution >= 4 is 11.6 Å². The number of aryl methyl sites for hydroxylation is 2. The Morgan fingerprint density at radius 1 is 1.44 bits per heavy atom. The molecule has 2 N–H and O–H groups in total. The predicted molar refractivity (Wildman–Crippen MR) is 67.7 cm³/mol. The minimum absolute atomic E-state index is 0.671. The second-order valence-electron chi connectivity index (χ2n) is 3.82. The van der Waals surface area contributed by atoms with Gasteiger partial charge >= 0.3 is 0 Å². The summed E-state index contributed by atoms with van der Waals surface area (Å²) in [5.41, 5.74) is 7.57. The van der Waals surface area contributed by atoms with E-state index in [0.29, 0.717) is 6.54 Å². The maximum Gasteiger partial charge on any atom is 0.0860 e. The summed E-state index contributed by atoms with van der Waals surface area (Å²) in [5, 5.41) is 5.19. The van der Waals surface area contributed by atoms with E-state index in [1.807, 2.05) is 11.6 Å². The first-order chi connectivity index (χ1) is 7.63. The first-order valence-electron chi connectivity index (χ1n) is 5.78. The van der Waals surface area contributed by atoms with Crippen molar-refractivity contribution < 1.29 is 0 Å². The number of nitrogens with zero attached hydrogens (tertiary/aromatic N) is 3. The summed E-state index contributed by atoms with van der Waals surface area (Å²) in [6.45, 7) is 10.4. The van der Waals surface area contributed by atoms with Gasteiger partial charge in [0.05, 0.1) is 16.4 Å². The van der Waals surface area contributed by atoms with Gasteiger partial charge in [-0.3, -0.25) is 9.58 Å². The van der Waals surface area contributed by atoms with Crippen LogP contribution in [0.2, 0.25) is 5.02 Å². The minimum atomic E-state index is 0.671. The molecule has 1 aromatic rings. The van der Waals surface area contributed by atoms with Crippen molar-refractivity contribution in [3.63, 3.8) is 0 Å². The molecule has 4 nitrogen and oxygen atoms in total.